The number of benzene rings is 1. The van der Waals surface area contributed by atoms with E-state index in [9.17, 15) is 0 Å². The molecule has 0 unspecified atom stereocenters. The number of rotatable bonds is 4. The summed E-state index contributed by atoms with van der Waals surface area (Å²) < 4.78 is 0. The number of aromatic nitrogens is 2. The molecule has 2 rings (SSSR count). The fourth-order valence-electron chi connectivity index (χ4n) is 2.20. The van der Waals surface area contributed by atoms with Crippen LogP contribution in [0.2, 0.25) is 5.02 Å². The lowest BCUT2D eigenvalue weighted by atomic mass is 10.0. The molecule has 0 spiro atoms. The van der Waals surface area contributed by atoms with Crippen LogP contribution in [-0.2, 0) is 6.54 Å². The predicted molar refractivity (Wildman–Crippen MR) is 84.1 cm³/mol. The van der Waals surface area contributed by atoms with Crippen molar-refractivity contribution in [1.29, 1.82) is 0 Å². The van der Waals surface area contributed by atoms with Gasteiger partial charge in [-0.3, -0.25) is 0 Å². The maximum absolute atomic E-state index is 5.98. The number of anilines is 2. The fraction of sp³-hybridized carbons (Fsp3) is 0.333. The molecule has 0 aliphatic rings. The highest BCUT2D eigenvalue weighted by molar-refractivity contribution is 6.30. The van der Waals surface area contributed by atoms with Crippen molar-refractivity contribution in [3.63, 3.8) is 0 Å². The predicted octanol–water partition coefficient (Wildman–Crippen LogP) is 3.47. The summed E-state index contributed by atoms with van der Waals surface area (Å²) in [4.78, 5) is 10.5. The average molecular weight is 291 g/mol. The molecular formula is C15H19ClN4. The van der Waals surface area contributed by atoms with Crippen LogP contribution in [0.25, 0.3) is 0 Å². The SMILES string of the molecule is CC(C)c1c(N)ncnc1N(C)Cc1ccc(Cl)cc1. The molecule has 0 radical (unpaired) electrons. The molecule has 4 nitrogen and oxygen atoms in total. The van der Waals surface area contributed by atoms with E-state index in [2.05, 4.69) is 28.7 Å². The van der Waals surface area contributed by atoms with Crippen LogP contribution in [0.1, 0.15) is 30.9 Å². The van der Waals surface area contributed by atoms with E-state index in [1.54, 1.807) is 0 Å². The largest absolute Gasteiger partial charge is 0.383 e. The van der Waals surface area contributed by atoms with Gasteiger partial charge in [0.05, 0.1) is 0 Å². The van der Waals surface area contributed by atoms with Gasteiger partial charge in [-0.25, -0.2) is 9.97 Å². The van der Waals surface area contributed by atoms with E-state index in [0.717, 1.165) is 22.9 Å². The number of nitrogens with zero attached hydrogens (tertiary/aromatic N) is 3. The molecule has 1 aromatic carbocycles. The number of halogens is 1. The first-order valence-corrected chi connectivity index (χ1v) is 6.92. The molecule has 0 fully saturated rings. The zero-order chi connectivity index (χ0) is 14.7. The van der Waals surface area contributed by atoms with Crippen molar-refractivity contribution < 1.29 is 0 Å². The van der Waals surface area contributed by atoms with Crippen LogP contribution in [0.4, 0.5) is 11.6 Å². The van der Waals surface area contributed by atoms with Crippen LogP contribution >= 0.6 is 11.6 Å². The third-order valence-corrected chi connectivity index (χ3v) is 3.42. The van der Waals surface area contributed by atoms with Crippen molar-refractivity contribution in [2.45, 2.75) is 26.3 Å². The summed E-state index contributed by atoms with van der Waals surface area (Å²) in [6.45, 7) is 4.93. The molecule has 0 saturated carbocycles. The Labute approximate surface area is 124 Å². The fourth-order valence-corrected chi connectivity index (χ4v) is 2.32. The monoisotopic (exact) mass is 290 g/mol. The Hall–Kier alpha value is -1.81. The molecule has 2 aromatic rings. The lowest BCUT2D eigenvalue weighted by Crippen LogP contribution is -2.21. The van der Waals surface area contributed by atoms with E-state index in [1.807, 2.05) is 31.3 Å². The third-order valence-electron chi connectivity index (χ3n) is 3.17. The van der Waals surface area contributed by atoms with Crippen molar-refractivity contribution in [2.75, 3.05) is 17.7 Å². The van der Waals surface area contributed by atoms with Gasteiger partial charge in [0.25, 0.3) is 0 Å². The normalized spacial score (nSPS) is 10.8. The van der Waals surface area contributed by atoms with Crippen LogP contribution in [0.3, 0.4) is 0 Å². The molecule has 5 heteroatoms. The first-order chi connectivity index (χ1) is 9.49. The van der Waals surface area contributed by atoms with E-state index in [1.165, 1.54) is 11.9 Å². The summed E-state index contributed by atoms with van der Waals surface area (Å²) in [6, 6.07) is 7.81. The average Bonchev–Trinajstić information content (AvgIpc) is 2.40. The summed E-state index contributed by atoms with van der Waals surface area (Å²) in [5.41, 5.74) is 8.14. The summed E-state index contributed by atoms with van der Waals surface area (Å²) in [5.74, 6) is 1.70. The zero-order valence-electron chi connectivity index (χ0n) is 12.0. The van der Waals surface area contributed by atoms with Gasteiger partial charge in [0, 0.05) is 24.2 Å². The Morgan fingerprint density at radius 3 is 2.45 bits per heavy atom. The first kappa shape index (κ1) is 14.6. The Morgan fingerprint density at radius 1 is 1.20 bits per heavy atom. The minimum absolute atomic E-state index is 0.277. The van der Waals surface area contributed by atoms with Gasteiger partial charge in [0.15, 0.2) is 0 Å². The second-order valence-corrected chi connectivity index (χ2v) is 5.57. The first-order valence-electron chi connectivity index (χ1n) is 6.55. The van der Waals surface area contributed by atoms with Gasteiger partial charge in [-0.1, -0.05) is 37.6 Å². The van der Waals surface area contributed by atoms with Gasteiger partial charge in [-0.15, -0.1) is 0 Å². The van der Waals surface area contributed by atoms with Gasteiger partial charge < -0.3 is 10.6 Å². The van der Waals surface area contributed by atoms with E-state index >= 15 is 0 Å². The van der Waals surface area contributed by atoms with E-state index in [4.69, 9.17) is 17.3 Å². The van der Waals surface area contributed by atoms with Gasteiger partial charge in [-0.2, -0.15) is 0 Å². The van der Waals surface area contributed by atoms with Crippen LogP contribution in [-0.4, -0.2) is 17.0 Å². The van der Waals surface area contributed by atoms with Crippen LogP contribution in [0, 0.1) is 0 Å². The Kier molecular flexibility index (Phi) is 4.45. The lowest BCUT2D eigenvalue weighted by Gasteiger charge is -2.23. The Morgan fingerprint density at radius 2 is 1.85 bits per heavy atom. The highest BCUT2D eigenvalue weighted by Gasteiger charge is 2.16. The molecule has 0 saturated heterocycles. The highest BCUT2D eigenvalue weighted by atomic mass is 35.5. The van der Waals surface area contributed by atoms with Crippen LogP contribution < -0.4 is 10.6 Å². The molecule has 0 bridgehead atoms. The second kappa shape index (κ2) is 6.09. The van der Waals surface area contributed by atoms with Gasteiger partial charge in [-0.05, 0) is 23.6 Å². The van der Waals surface area contributed by atoms with E-state index in [-0.39, 0.29) is 5.92 Å². The summed E-state index contributed by atoms with van der Waals surface area (Å²) in [5, 5.41) is 0.741. The molecule has 2 N–H and O–H groups in total. The molecule has 20 heavy (non-hydrogen) atoms. The standard InChI is InChI=1S/C15H19ClN4/c1-10(2)13-14(17)18-9-19-15(13)20(3)8-11-4-6-12(16)7-5-11/h4-7,9-10H,8H2,1-3H3,(H2,17,18,19). The molecule has 1 heterocycles. The zero-order valence-corrected chi connectivity index (χ0v) is 12.7. The van der Waals surface area contributed by atoms with Gasteiger partial charge >= 0.3 is 0 Å². The molecule has 0 amide bonds. The summed E-state index contributed by atoms with van der Waals surface area (Å²) >= 11 is 5.90. The Bertz CT molecular complexity index is 581. The van der Waals surface area contributed by atoms with Gasteiger partial charge in [0.1, 0.15) is 18.0 Å². The molecule has 0 aliphatic heterocycles. The maximum Gasteiger partial charge on any atom is 0.137 e. The topological polar surface area (TPSA) is 55.0 Å². The number of nitrogens with two attached hydrogens (primary N) is 1. The number of hydrogen-bond donors (Lipinski definition) is 1. The minimum atomic E-state index is 0.277. The van der Waals surface area contributed by atoms with Crippen molar-refractivity contribution >= 4 is 23.2 Å². The quantitative estimate of drug-likeness (QED) is 0.937. The molecule has 0 aliphatic carbocycles. The molecule has 1 aromatic heterocycles. The summed E-state index contributed by atoms with van der Waals surface area (Å²) in [7, 11) is 2.00. The van der Waals surface area contributed by atoms with Crippen LogP contribution in [0.15, 0.2) is 30.6 Å². The minimum Gasteiger partial charge on any atom is -0.383 e. The molecule has 0 atom stereocenters. The van der Waals surface area contributed by atoms with E-state index in [0.29, 0.717) is 5.82 Å². The summed E-state index contributed by atoms with van der Waals surface area (Å²) in [6.07, 6.45) is 1.51. The van der Waals surface area contributed by atoms with Crippen molar-refractivity contribution in [2.24, 2.45) is 0 Å². The second-order valence-electron chi connectivity index (χ2n) is 5.13. The maximum atomic E-state index is 5.98. The number of hydrogen-bond acceptors (Lipinski definition) is 4. The van der Waals surface area contributed by atoms with Crippen LogP contribution in [0.5, 0.6) is 0 Å². The van der Waals surface area contributed by atoms with Crippen molar-refractivity contribution in [3.05, 3.63) is 46.7 Å². The van der Waals surface area contributed by atoms with Crippen molar-refractivity contribution in [3.8, 4) is 0 Å². The van der Waals surface area contributed by atoms with Gasteiger partial charge in [0.2, 0.25) is 0 Å². The highest BCUT2D eigenvalue weighted by Crippen LogP contribution is 2.29. The Balaban J connectivity index is 2.27. The molecular weight excluding hydrogens is 272 g/mol. The molecule has 106 valence electrons. The smallest absolute Gasteiger partial charge is 0.137 e. The third kappa shape index (κ3) is 3.20. The van der Waals surface area contributed by atoms with E-state index < -0.39 is 0 Å². The lowest BCUT2D eigenvalue weighted by molar-refractivity contribution is 0.812. The van der Waals surface area contributed by atoms with Crippen molar-refractivity contribution in [1.82, 2.24) is 9.97 Å². The number of nitrogen functional groups attached to an aromatic ring is 1.